The van der Waals surface area contributed by atoms with Crippen molar-refractivity contribution in [3.05, 3.63) is 29.8 Å². The van der Waals surface area contributed by atoms with E-state index >= 15 is 0 Å². The molecule has 0 spiro atoms. The van der Waals surface area contributed by atoms with E-state index in [0.717, 1.165) is 22.7 Å². The van der Waals surface area contributed by atoms with Gasteiger partial charge in [-0.3, -0.25) is 14.9 Å². The van der Waals surface area contributed by atoms with Crippen molar-refractivity contribution in [1.82, 2.24) is 14.9 Å². The third-order valence-corrected chi connectivity index (χ3v) is 6.79. The molecule has 1 saturated heterocycles. The van der Waals surface area contributed by atoms with Gasteiger partial charge in [-0.2, -0.15) is 4.31 Å². The van der Waals surface area contributed by atoms with Crippen LogP contribution in [0.5, 0.6) is 0 Å². The molecule has 2 aliphatic rings. The lowest BCUT2D eigenvalue weighted by molar-refractivity contribution is -0.152. The van der Waals surface area contributed by atoms with Gasteiger partial charge in [-0.15, -0.1) is 0 Å². The number of hydrogen-bond acceptors (Lipinski definition) is 6. The van der Waals surface area contributed by atoms with Crippen LogP contribution in [0.4, 0.5) is 4.79 Å². The Balaban J connectivity index is 1.60. The lowest BCUT2D eigenvalue weighted by atomic mass is 10.1. The van der Waals surface area contributed by atoms with E-state index in [-0.39, 0.29) is 17.5 Å². The van der Waals surface area contributed by atoms with E-state index in [4.69, 9.17) is 4.74 Å². The van der Waals surface area contributed by atoms with E-state index in [9.17, 15) is 22.8 Å². The quantitative estimate of drug-likeness (QED) is 0.660. The van der Waals surface area contributed by atoms with Gasteiger partial charge in [0.2, 0.25) is 10.0 Å². The van der Waals surface area contributed by atoms with Crippen molar-refractivity contribution in [3.8, 4) is 0 Å². The third-order valence-electron chi connectivity index (χ3n) is 4.86. The second kappa shape index (κ2) is 8.91. The van der Waals surface area contributed by atoms with Crippen LogP contribution in [0.1, 0.15) is 37.7 Å². The Morgan fingerprint density at radius 3 is 2.45 bits per heavy atom. The molecule has 29 heavy (non-hydrogen) atoms. The molecular formula is C19H25N3O6S. The van der Waals surface area contributed by atoms with Crippen molar-refractivity contribution in [3.63, 3.8) is 0 Å². The van der Waals surface area contributed by atoms with Gasteiger partial charge in [0, 0.05) is 12.6 Å². The number of urea groups is 1. The van der Waals surface area contributed by atoms with Gasteiger partial charge < -0.3 is 10.1 Å². The predicted molar refractivity (Wildman–Crippen MR) is 103 cm³/mol. The Morgan fingerprint density at radius 1 is 1.10 bits per heavy atom. The van der Waals surface area contributed by atoms with E-state index in [0.29, 0.717) is 19.3 Å². The minimum absolute atomic E-state index is 0.0909. The summed E-state index contributed by atoms with van der Waals surface area (Å²) >= 11 is 0. The summed E-state index contributed by atoms with van der Waals surface area (Å²) in [6.07, 6.45) is 3.38. The monoisotopic (exact) mass is 423 g/mol. The van der Waals surface area contributed by atoms with Crippen LogP contribution in [0.25, 0.3) is 0 Å². The maximum Gasteiger partial charge on any atom is 0.324 e. The lowest BCUT2D eigenvalue weighted by Crippen LogP contribution is -2.49. The molecule has 0 bridgehead atoms. The number of ether oxygens (including phenoxy) is 1. The number of nitrogens with one attached hydrogen (secondary N) is 2. The highest BCUT2D eigenvalue weighted by molar-refractivity contribution is 7.89. The van der Waals surface area contributed by atoms with Gasteiger partial charge >= 0.3 is 12.0 Å². The minimum atomic E-state index is -3.87. The van der Waals surface area contributed by atoms with Crippen LogP contribution in [-0.2, 0) is 24.3 Å². The van der Waals surface area contributed by atoms with Gasteiger partial charge in [0.1, 0.15) is 6.04 Å². The number of hydrogen-bond donors (Lipinski definition) is 2. The Labute approximate surface area is 169 Å². The molecule has 3 amide bonds. The Hall–Kier alpha value is -2.46. The van der Waals surface area contributed by atoms with Crippen LogP contribution in [0.2, 0.25) is 0 Å². The summed E-state index contributed by atoms with van der Waals surface area (Å²) in [6, 6.07) is 4.87. The number of carbonyl (C=O) groups is 3. The number of sulfonamides is 1. The molecular weight excluding hydrogens is 398 g/mol. The van der Waals surface area contributed by atoms with Crippen LogP contribution in [0, 0.1) is 6.92 Å². The molecule has 158 valence electrons. The Bertz CT molecular complexity index is 880. The van der Waals surface area contributed by atoms with Gasteiger partial charge in [0.05, 0.1) is 4.90 Å². The molecule has 1 aliphatic heterocycles. The zero-order valence-corrected chi connectivity index (χ0v) is 17.0. The summed E-state index contributed by atoms with van der Waals surface area (Å²) in [6.45, 7) is 1.41. The predicted octanol–water partition coefficient (Wildman–Crippen LogP) is 1.07. The minimum Gasteiger partial charge on any atom is -0.454 e. The van der Waals surface area contributed by atoms with Crippen LogP contribution in [0.15, 0.2) is 29.2 Å². The molecule has 1 aromatic carbocycles. The van der Waals surface area contributed by atoms with Crippen molar-refractivity contribution in [2.45, 2.75) is 56.0 Å². The summed E-state index contributed by atoms with van der Waals surface area (Å²) in [5.74, 6) is -1.56. The van der Waals surface area contributed by atoms with Crippen LogP contribution in [-0.4, -0.2) is 55.9 Å². The average Bonchev–Trinajstić information content (AvgIpc) is 3.50. The number of carbonyl (C=O) groups excluding carboxylic acids is 3. The van der Waals surface area contributed by atoms with Crippen molar-refractivity contribution < 1.29 is 27.5 Å². The van der Waals surface area contributed by atoms with Gasteiger partial charge in [0.25, 0.3) is 5.91 Å². The summed E-state index contributed by atoms with van der Waals surface area (Å²) < 4.78 is 32.1. The van der Waals surface area contributed by atoms with Crippen LogP contribution in [0.3, 0.4) is 0 Å². The summed E-state index contributed by atoms with van der Waals surface area (Å²) in [5.41, 5.74) is 0.926. The highest BCUT2D eigenvalue weighted by atomic mass is 32.2. The Morgan fingerprint density at radius 2 is 1.79 bits per heavy atom. The number of piperidine rings is 1. The molecule has 0 aromatic heterocycles. The molecule has 2 fully saturated rings. The molecule has 1 heterocycles. The fourth-order valence-corrected chi connectivity index (χ4v) is 4.77. The second-order valence-corrected chi connectivity index (χ2v) is 9.23. The number of imide groups is 1. The Kier molecular flexibility index (Phi) is 6.53. The highest BCUT2D eigenvalue weighted by Crippen LogP contribution is 2.26. The zero-order chi connectivity index (χ0) is 21.0. The molecule has 1 aromatic rings. The van der Waals surface area contributed by atoms with Crippen molar-refractivity contribution >= 4 is 27.9 Å². The first-order valence-corrected chi connectivity index (χ1v) is 11.1. The maximum absolute atomic E-state index is 13.0. The van der Waals surface area contributed by atoms with Crippen molar-refractivity contribution in [2.75, 3.05) is 13.2 Å². The van der Waals surface area contributed by atoms with Gasteiger partial charge in [-0.25, -0.2) is 13.2 Å². The van der Waals surface area contributed by atoms with E-state index in [1.807, 2.05) is 6.92 Å². The summed E-state index contributed by atoms with van der Waals surface area (Å²) in [7, 11) is -3.87. The van der Waals surface area contributed by atoms with E-state index in [2.05, 4.69) is 10.6 Å². The standard InChI is InChI=1S/C19H25N3O6S/c1-13-5-9-15(10-6-13)29(26,27)22-11-3-2-4-16(22)18(24)28-12-17(23)21-19(25)20-14-7-8-14/h5-6,9-10,14,16H,2-4,7-8,11-12H2,1H3,(H2,20,21,23,25)/t16-/m1/s1. The average molecular weight is 423 g/mol. The molecule has 9 nitrogen and oxygen atoms in total. The number of benzene rings is 1. The molecule has 2 N–H and O–H groups in total. The SMILES string of the molecule is Cc1ccc(S(=O)(=O)N2CCCC[C@@H]2C(=O)OCC(=O)NC(=O)NC2CC2)cc1. The fourth-order valence-electron chi connectivity index (χ4n) is 3.12. The largest absolute Gasteiger partial charge is 0.454 e. The van der Waals surface area contributed by atoms with Crippen molar-refractivity contribution in [2.24, 2.45) is 0 Å². The van der Waals surface area contributed by atoms with Crippen LogP contribution >= 0.6 is 0 Å². The summed E-state index contributed by atoms with van der Waals surface area (Å²) in [5, 5.41) is 4.67. The van der Waals surface area contributed by atoms with E-state index in [1.54, 1.807) is 12.1 Å². The molecule has 0 radical (unpaired) electrons. The smallest absolute Gasteiger partial charge is 0.324 e. The van der Waals surface area contributed by atoms with Gasteiger partial charge in [-0.05, 0) is 51.2 Å². The van der Waals surface area contributed by atoms with Gasteiger partial charge in [0.15, 0.2) is 6.61 Å². The van der Waals surface area contributed by atoms with E-state index in [1.165, 1.54) is 12.1 Å². The first-order valence-electron chi connectivity index (χ1n) is 9.63. The normalized spacial score (nSPS) is 20.0. The number of amides is 3. The molecule has 10 heteroatoms. The molecule has 1 atom stereocenters. The molecule has 1 saturated carbocycles. The van der Waals surface area contributed by atoms with Crippen LogP contribution < -0.4 is 10.6 Å². The number of esters is 1. The maximum atomic E-state index is 13.0. The molecule has 3 rings (SSSR count). The van der Waals surface area contributed by atoms with Gasteiger partial charge in [-0.1, -0.05) is 17.7 Å². The fraction of sp³-hybridized carbons (Fsp3) is 0.526. The second-order valence-electron chi connectivity index (χ2n) is 7.34. The topological polar surface area (TPSA) is 122 Å². The highest BCUT2D eigenvalue weighted by Gasteiger charge is 2.38. The number of nitrogens with zero attached hydrogens (tertiary/aromatic N) is 1. The molecule has 0 unspecified atom stereocenters. The number of rotatable bonds is 6. The third kappa shape index (κ3) is 5.54. The first kappa shape index (κ1) is 21.3. The first-order chi connectivity index (χ1) is 13.8. The zero-order valence-electron chi connectivity index (χ0n) is 16.2. The molecule has 1 aliphatic carbocycles. The van der Waals surface area contributed by atoms with Crippen molar-refractivity contribution in [1.29, 1.82) is 0 Å². The number of aryl methyl sites for hydroxylation is 1. The van der Waals surface area contributed by atoms with E-state index < -0.39 is 40.6 Å². The lowest BCUT2D eigenvalue weighted by Gasteiger charge is -2.32. The summed E-state index contributed by atoms with van der Waals surface area (Å²) in [4.78, 5) is 36.0.